The summed E-state index contributed by atoms with van der Waals surface area (Å²) in [7, 11) is 0. The minimum Gasteiger partial charge on any atom is -0.313 e. The number of nitrogens with zero attached hydrogens (tertiary/aromatic N) is 1. The van der Waals surface area contributed by atoms with Crippen LogP contribution in [0.2, 0.25) is 0 Å². The molecule has 0 aromatic heterocycles. The van der Waals surface area contributed by atoms with Gasteiger partial charge in [0.25, 0.3) is 0 Å². The van der Waals surface area contributed by atoms with Crippen LogP contribution >= 0.6 is 0 Å². The fourth-order valence-corrected chi connectivity index (χ4v) is 3.49. The van der Waals surface area contributed by atoms with Gasteiger partial charge in [0.1, 0.15) is 0 Å². The second-order valence-electron chi connectivity index (χ2n) is 5.73. The predicted octanol–water partition coefficient (Wildman–Crippen LogP) is 2.64. The van der Waals surface area contributed by atoms with Gasteiger partial charge in [0, 0.05) is 12.1 Å². The van der Waals surface area contributed by atoms with Gasteiger partial charge in [-0.2, -0.15) is 0 Å². The average Bonchev–Trinajstić information content (AvgIpc) is 2.61. The van der Waals surface area contributed by atoms with E-state index in [4.69, 9.17) is 0 Å². The van der Waals surface area contributed by atoms with E-state index < -0.39 is 0 Å². The molecule has 2 rings (SSSR count). The first-order chi connectivity index (χ1) is 7.81. The first kappa shape index (κ1) is 12.4. The van der Waals surface area contributed by atoms with Crippen molar-refractivity contribution in [3.05, 3.63) is 0 Å². The van der Waals surface area contributed by atoms with Crippen LogP contribution in [0.5, 0.6) is 0 Å². The van der Waals surface area contributed by atoms with Crippen molar-refractivity contribution in [2.45, 2.75) is 64.5 Å². The molecule has 0 aromatic rings. The number of rotatable bonds is 3. The van der Waals surface area contributed by atoms with Crippen molar-refractivity contribution in [3.63, 3.8) is 0 Å². The zero-order valence-electron chi connectivity index (χ0n) is 11.0. The van der Waals surface area contributed by atoms with Crippen LogP contribution in [0, 0.1) is 5.92 Å². The SMILES string of the molecule is CCNC1CCCC1N1CCCC(C)CC1. The summed E-state index contributed by atoms with van der Waals surface area (Å²) >= 11 is 0. The fourth-order valence-electron chi connectivity index (χ4n) is 3.49. The van der Waals surface area contributed by atoms with E-state index in [0.29, 0.717) is 0 Å². The standard InChI is InChI=1S/C14H28N2/c1-3-15-13-7-4-8-14(13)16-10-5-6-12(2)9-11-16/h12-15H,3-11H2,1-2H3. The molecule has 1 saturated carbocycles. The molecule has 2 nitrogen and oxygen atoms in total. The lowest BCUT2D eigenvalue weighted by atomic mass is 10.0. The highest BCUT2D eigenvalue weighted by atomic mass is 15.2. The van der Waals surface area contributed by atoms with Crippen molar-refractivity contribution in [3.8, 4) is 0 Å². The van der Waals surface area contributed by atoms with Gasteiger partial charge < -0.3 is 5.32 Å². The third-order valence-corrected chi connectivity index (χ3v) is 4.47. The van der Waals surface area contributed by atoms with Crippen LogP contribution in [0.3, 0.4) is 0 Å². The molecule has 0 radical (unpaired) electrons. The Balaban J connectivity index is 1.89. The van der Waals surface area contributed by atoms with Gasteiger partial charge in [-0.15, -0.1) is 0 Å². The molecule has 3 unspecified atom stereocenters. The molecular weight excluding hydrogens is 196 g/mol. The topological polar surface area (TPSA) is 15.3 Å². The fraction of sp³-hybridized carbons (Fsp3) is 1.00. The second-order valence-corrected chi connectivity index (χ2v) is 5.73. The van der Waals surface area contributed by atoms with Crippen molar-refractivity contribution in [1.82, 2.24) is 10.2 Å². The molecule has 0 bridgehead atoms. The Morgan fingerprint density at radius 3 is 2.75 bits per heavy atom. The van der Waals surface area contributed by atoms with Crippen LogP contribution in [0.4, 0.5) is 0 Å². The molecule has 2 fully saturated rings. The molecule has 1 aliphatic carbocycles. The zero-order valence-corrected chi connectivity index (χ0v) is 11.0. The summed E-state index contributed by atoms with van der Waals surface area (Å²) in [5.74, 6) is 0.948. The number of hydrogen-bond donors (Lipinski definition) is 1. The molecule has 1 aliphatic heterocycles. The van der Waals surface area contributed by atoms with Crippen LogP contribution < -0.4 is 5.32 Å². The molecule has 1 N–H and O–H groups in total. The maximum Gasteiger partial charge on any atom is 0.0249 e. The third kappa shape index (κ3) is 2.98. The molecule has 0 spiro atoms. The Morgan fingerprint density at radius 2 is 1.94 bits per heavy atom. The number of likely N-dealkylation sites (N-methyl/N-ethyl adjacent to an activating group) is 1. The lowest BCUT2D eigenvalue weighted by molar-refractivity contribution is 0.177. The maximum absolute atomic E-state index is 3.68. The summed E-state index contributed by atoms with van der Waals surface area (Å²) in [6, 6.07) is 1.61. The monoisotopic (exact) mass is 224 g/mol. The molecule has 94 valence electrons. The molecule has 2 aliphatic rings. The van der Waals surface area contributed by atoms with Crippen molar-refractivity contribution in [1.29, 1.82) is 0 Å². The summed E-state index contributed by atoms with van der Waals surface area (Å²) in [5.41, 5.74) is 0. The molecule has 2 heteroatoms. The Hall–Kier alpha value is -0.0800. The van der Waals surface area contributed by atoms with Crippen LogP contribution in [0.15, 0.2) is 0 Å². The predicted molar refractivity (Wildman–Crippen MR) is 69.7 cm³/mol. The Labute approximate surface area is 101 Å². The lowest BCUT2D eigenvalue weighted by Gasteiger charge is -2.32. The van der Waals surface area contributed by atoms with Gasteiger partial charge in [-0.1, -0.05) is 20.3 Å². The van der Waals surface area contributed by atoms with Gasteiger partial charge in [-0.05, 0) is 57.7 Å². The van der Waals surface area contributed by atoms with Gasteiger partial charge >= 0.3 is 0 Å². The summed E-state index contributed by atoms with van der Waals surface area (Å²) < 4.78 is 0. The minimum absolute atomic E-state index is 0.776. The van der Waals surface area contributed by atoms with Crippen LogP contribution in [0.1, 0.15) is 52.4 Å². The van der Waals surface area contributed by atoms with E-state index in [-0.39, 0.29) is 0 Å². The van der Waals surface area contributed by atoms with E-state index >= 15 is 0 Å². The van der Waals surface area contributed by atoms with Crippen LogP contribution in [-0.4, -0.2) is 36.6 Å². The molecule has 0 aromatic carbocycles. The van der Waals surface area contributed by atoms with Gasteiger partial charge in [0.15, 0.2) is 0 Å². The molecule has 1 heterocycles. The smallest absolute Gasteiger partial charge is 0.0249 e. The van der Waals surface area contributed by atoms with E-state index in [0.717, 1.165) is 24.5 Å². The first-order valence-electron chi connectivity index (χ1n) is 7.28. The maximum atomic E-state index is 3.68. The second kappa shape index (κ2) is 6.02. The Morgan fingerprint density at radius 1 is 1.06 bits per heavy atom. The van der Waals surface area contributed by atoms with E-state index in [9.17, 15) is 0 Å². The molecule has 3 atom stereocenters. The molecule has 0 amide bonds. The lowest BCUT2D eigenvalue weighted by Crippen LogP contribution is -2.47. The quantitative estimate of drug-likeness (QED) is 0.793. The highest BCUT2D eigenvalue weighted by Gasteiger charge is 2.31. The summed E-state index contributed by atoms with van der Waals surface area (Å²) in [5, 5.41) is 3.68. The van der Waals surface area contributed by atoms with Crippen molar-refractivity contribution < 1.29 is 0 Å². The zero-order chi connectivity index (χ0) is 11.4. The summed E-state index contributed by atoms with van der Waals surface area (Å²) in [6.45, 7) is 8.47. The van der Waals surface area contributed by atoms with Gasteiger partial charge in [-0.25, -0.2) is 0 Å². The highest BCUT2D eigenvalue weighted by Crippen LogP contribution is 2.27. The Bertz CT molecular complexity index is 205. The van der Waals surface area contributed by atoms with Crippen molar-refractivity contribution in [2.75, 3.05) is 19.6 Å². The van der Waals surface area contributed by atoms with Gasteiger partial charge in [0.2, 0.25) is 0 Å². The number of nitrogens with one attached hydrogen (secondary N) is 1. The summed E-state index contributed by atoms with van der Waals surface area (Å²) in [4.78, 5) is 2.78. The largest absolute Gasteiger partial charge is 0.313 e. The third-order valence-electron chi connectivity index (χ3n) is 4.47. The molecule has 16 heavy (non-hydrogen) atoms. The van der Waals surface area contributed by atoms with Crippen molar-refractivity contribution in [2.24, 2.45) is 5.92 Å². The molecule has 1 saturated heterocycles. The molecular formula is C14H28N2. The number of likely N-dealkylation sites (tertiary alicyclic amines) is 1. The van der Waals surface area contributed by atoms with E-state index in [1.54, 1.807) is 0 Å². The summed E-state index contributed by atoms with van der Waals surface area (Å²) in [6.07, 6.45) is 8.51. The minimum atomic E-state index is 0.776. The van der Waals surface area contributed by atoms with E-state index in [1.807, 2.05) is 0 Å². The van der Waals surface area contributed by atoms with Crippen molar-refractivity contribution >= 4 is 0 Å². The Kier molecular flexibility index (Phi) is 4.66. The van der Waals surface area contributed by atoms with E-state index in [2.05, 4.69) is 24.1 Å². The number of hydrogen-bond acceptors (Lipinski definition) is 2. The van der Waals surface area contributed by atoms with Crippen LogP contribution in [-0.2, 0) is 0 Å². The van der Waals surface area contributed by atoms with Gasteiger partial charge in [-0.3, -0.25) is 4.90 Å². The average molecular weight is 224 g/mol. The van der Waals surface area contributed by atoms with Gasteiger partial charge in [0.05, 0.1) is 0 Å². The first-order valence-corrected chi connectivity index (χ1v) is 7.28. The van der Waals surface area contributed by atoms with Crippen LogP contribution in [0.25, 0.3) is 0 Å². The normalized spacial score (nSPS) is 37.5. The highest BCUT2D eigenvalue weighted by molar-refractivity contribution is 4.90. The van der Waals surface area contributed by atoms with E-state index in [1.165, 1.54) is 51.6 Å².